The van der Waals surface area contributed by atoms with Crippen molar-refractivity contribution in [2.75, 3.05) is 13.6 Å². The number of hydrogen-bond donors (Lipinski definition) is 1. The largest absolute Gasteiger partial charge is 0.489 e. The van der Waals surface area contributed by atoms with Gasteiger partial charge in [0.2, 0.25) is 5.91 Å². The monoisotopic (exact) mass is 397 g/mol. The lowest BCUT2D eigenvalue weighted by molar-refractivity contribution is -0.126. The Bertz CT molecular complexity index is 822. The summed E-state index contributed by atoms with van der Waals surface area (Å²) in [7, 11) is 2.16. The maximum atomic E-state index is 12.9. The van der Waals surface area contributed by atoms with Crippen molar-refractivity contribution in [3.8, 4) is 5.75 Å². The predicted molar refractivity (Wildman–Crippen MR) is 112 cm³/mol. The van der Waals surface area contributed by atoms with E-state index in [0.717, 1.165) is 36.4 Å². The fraction of sp³-hybridized carbons (Fsp3) is 0.565. The van der Waals surface area contributed by atoms with Crippen molar-refractivity contribution in [1.29, 1.82) is 0 Å². The minimum absolute atomic E-state index is 0.0690. The SMILES string of the molecule is C=C1CCC(N2Cc3cc(O[C@@H]4CCCC[C@H]4N(C)CC)ccc3C2=O)C(=O)N1. The Morgan fingerprint density at radius 1 is 1.24 bits per heavy atom. The van der Waals surface area contributed by atoms with Crippen molar-refractivity contribution in [3.05, 3.63) is 41.6 Å². The van der Waals surface area contributed by atoms with E-state index in [1.54, 1.807) is 4.90 Å². The maximum Gasteiger partial charge on any atom is 0.255 e. The van der Waals surface area contributed by atoms with Crippen molar-refractivity contribution in [2.24, 2.45) is 0 Å². The highest BCUT2D eigenvalue weighted by Gasteiger charge is 2.38. The van der Waals surface area contributed by atoms with Gasteiger partial charge >= 0.3 is 0 Å². The molecule has 2 heterocycles. The fourth-order valence-corrected chi connectivity index (χ4v) is 4.83. The lowest BCUT2D eigenvalue weighted by Crippen LogP contribution is -2.49. The Morgan fingerprint density at radius 3 is 2.79 bits per heavy atom. The zero-order valence-electron chi connectivity index (χ0n) is 17.4. The molecule has 0 bridgehead atoms. The summed E-state index contributed by atoms with van der Waals surface area (Å²) in [6.07, 6.45) is 6.17. The Hall–Kier alpha value is -2.34. The summed E-state index contributed by atoms with van der Waals surface area (Å²) in [5, 5.41) is 2.78. The number of piperidine rings is 1. The van der Waals surface area contributed by atoms with Crippen LogP contribution in [-0.4, -0.2) is 53.4 Å². The number of nitrogens with zero attached hydrogens (tertiary/aromatic N) is 2. The van der Waals surface area contributed by atoms with Gasteiger partial charge in [0.25, 0.3) is 5.91 Å². The first-order valence-corrected chi connectivity index (χ1v) is 10.8. The number of fused-ring (bicyclic) bond motifs is 1. The number of ether oxygens (including phenoxy) is 1. The van der Waals surface area contributed by atoms with E-state index < -0.39 is 6.04 Å². The van der Waals surface area contributed by atoms with E-state index in [2.05, 4.69) is 30.8 Å². The number of amides is 2. The van der Waals surface area contributed by atoms with Gasteiger partial charge in [-0.05, 0) is 69.5 Å². The highest BCUT2D eigenvalue weighted by atomic mass is 16.5. The third kappa shape index (κ3) is 3.90. The van der Waals surface area contributed by atoms with E-state index in [4.69, 9.17) is 4.74 Å². The Kier molecular flexibility index (Phi) is 5.63. The van der Waals surface area contributed by atoms with Crippen LogP contribution < -0.4 is 10.1 Å². The summed E-state index contributed by atoms with van der Waals surface area (Å²) in [5.74, 6) is 0.619. The first-order valence-electron chi connectivity index (χ1n) is 10.8. The quantitative estimate of drug-likeness (QED) is 0.829. The van der Waals surface area contributed by atoms with Crippen molar-refractivity contribution in [1.82, 2.24) is 15.1 Å². The molecule has 1 N–H and O–H groups in total. The standard InChI is InChI=1S/C23H31N3O3/c1-4-25(3)19-7-5-6-8-21(19)29-17-10-11-18-16(13-17)14-26(23(18)28)20-12-9-15(2)24-22(20)27/h10-11,13,19-21H,2,4-9,12,14H2,1,3H3,(H,24,27)/t19-,20?,21-/m1/s1. The average molecular weight is 398 g/mol. The average Bonchev–Trinajstić information content (AvgIpc) is 3.03. The smallest absolute Gasteiger partial charge is 0.255 e. The molecule has 29 heavy (non-hydrogen) atoms. The van der Waals surface area contributed by atoms with Crippen LogP contribution in [0.5, 0.6) is 5.75 Å². The molecule has 0 aromatic heterocycles. The molecule has 156 valence electrons. The van der Waals surface area contributed by atoms with Gasteiger partial charge < -0.3 is 19.9 Å². The summed E-state index contributed by atoms with van der Waals surface area (Å²) in [6.45, 7) is 7.46. The molecule has 1 unspecified atom stereocenters. The van der Waals surface area contributed by atoms with Crippen LogP contribution >= 0.6 is 0 Å². The summed E-state index contributed by atoms with van der Waals surface area (Å²) < 4.78 is 6.40. The normalized spacial score (nSPS) is 27.2. The Morgan fingerprint density at radius 2 is 2.03 bits per heavy atom. The maximum absolute atomic E-state index is 12.9. The Balaban J connectivity index is 1.48. The number of rotatable bonds is 5. The van der Waals surface area contributed by atoms with Crippen LogP contribution in [0.4, 0.5) is 0 Å². The van der Waals surface area contributed by atoms with Gasteiger partial charge in [-0.3, -0.25) is 9.59 Å². The lowest BCUT2D eigenvalue weighted by atomic mass is 9.91. The summed E-state index contributed by atoms with van der Waals surface area (Å²) in [4.78, 5) is 29.3. The molecular weight excluding hydrogens is 366 g/mol. The molecule has 1 aromatic rings. The highest BCUT2D eigenvalue weighted by Crippen LogP contribution is 2.33. The molecule has 1 saturated heterocycles. The number of carbonyl (C=O) groups excluding carboxylic acids is 2. The van der Waals surface area contributed by atoms with E-state index in [9.17, 15) is 9.59 Å². The summed E-state index contributed by atoms with van der Waals surface area (Å²) in [6, 6.07) is 5.75. The summed E-state index contributed by atoms with van der Waals surface area (Å²) in [5.41, 5.74) is 2.35. The van der Waals surface area contributed by atoms with Crippen LogP contribution in [0.3, 0.4) is 0 Å². The highest BCUT2D eigenvalue weighted by molar-refractivity contribution is 6.01. The molecule has 3 atom stereocenters. The topological polar surface area (TPSA) is 61.9 Å². The molecule has 3 aliphatic rings. The van der Waals surface area contributed by atoms with Crippen LogP contribution in [0.15, 0.2) is 30.5 Å². The molecule has 6 nitrogen and oxygen atoms in total. The second-order valence-corrected chi connectivity index (χ2v) is 8.48. The number of carbonyl (C=O) groups is 2. The van der Waals surface area contributed by atoms with Crippen molar-refractivity contribution >= 4 is 11.8 Å². The second kappa shape index (κ2) is 8.19. The van der Waals surface area contributed by atoms with Gasteiger partial charge in [0, 0.05) is 23.8 Å². The van der Waals surface area contributed by atoms with Crippen LogP contribution in [0.1, 0.15) is 61.4 Å². The minimum Gasteiger partial charge on any atom is -0.489 e. The molecule has 2 aliphatic heterocycles. The van der Waals surface area contributed by atoms with Gasteiger partial charge in [-0.15, -0.1) is 0 Å². The van der Waals surface area contributed by atoms with E-state index in [-0.39, 0.29) is 17.9 Å². The van der Waals surface area contributed by atoms with Gasteiger partial charge in [-0.2, -0.15) is 0 Å². The van der Waals surface area contributed by atoms with E-state index >= 15 is 0 Å². The third-order valence-corrected chi connectivity index (χ3v) is 6.63. The number of hydrogen-bond acceptors (Lipinski definition) is 4. The number of nitrogens with one attached hydrogen (secondary N) is 1. The minimum atomic E-state index is -0.425. The molecule has 1 aromatic carbocycles. The van der Waals surface area contributed by atoms with Crippen LogP contribution in [0.25, 0.3) is 0 Å². The van der Waals surface area contributed by atoms with Gasteiger partial charge in [0.15, 0.2) is 0 Å². The van der Waals surface area contributed by atoms with Gasteiger partial charge in [-0.25, -0.2) is 0 Å². The van der Waals surface area contributed by atoms with Crippen LogP contribution in [0, 0.1) is 0 Å². The van der Waals surface area contributed by atoms with E-state index in [0.29, 0.717) is 31.0 Å². The molecule has 1 aliphatic carbocycles. The summed E-state index contributed by atoms with van der Waals surface area (Å²) >= 11 is 0. The molecule has 6 heteroatoms. The van der Waals surface area contributed by atoms with Gasteiger partial charge in [-0.1, -0.05) is 19.9 Å². The molecule has 0 radical (unpaired) electrons. The molecule has 4 rings (SSSR count). The molecule has 2 amide bonds. The lowest BCUT2D eigenvalue weighted by Gasteiger charge is -2.37. The van der Waals surface area contributed by atoms with Crippen molar-refractivity contribution in [3.63, 3.8) is 0 Å². The zero-order chi connectivity index (χ0) is 20.5. The predicted octanol–water partition coefficient (Wildman–Crippen LogP) is 3.08. The van der Waals surface area contributed by atoms with Crippen LogP contribution in [0.2, 0.25) is 0 Å². The third-order valence-electron chi connectivity index (χ3n) is 6.63. The second-order valence-electron chi connectivity index (χ2n) is 8.48. The van der Waals surface area contributed by atoms with Gasteiger partial charge in [0.1, 0.15) is 17.9 Å². The number of allylic oxidation sites excluding steroid dienone is 1. The van der Waals surface area contributed by atoms with Crippen LogP contribution in [-0.2, 0) is 11.3 Å². The zero-order valence-corrected chi connectivity index (χ0v) is 17.4. The van der Waals surface area contributed by atoms with Crippen molar-refractivity contribution < 1.29 is 14.3 Å². The Labute approximate surface area is 172 Å². The first-order chi connectivity index (χ1) is 14.0. The number of benzene rings is 1. The van der Waals surface area contributed by atoms with Gasteiger partial charge in [0.05, 0.1) is 0 Å². The molecule has 2 fully saturated rings. The fourth-order valence-electron chi connectivity index (χ4n) is 4.83. The molecule has 1 saturated carbocycles. The molecule has 0 spiro atoms. The number of likely N-dealkylation sites (N-methyl/N-ethyl adjacent to an activating group) is 1. The molecular formula is C23H31N3O3. The van der Waals surface area contributed by atoms with E-state index in [1.165, 1.54) is 12.8 Å². The van der Waals surface area contributed by atoms with Crippen molar-refractivity contribution in [2.45, 2.75) is 70.2 Å². The first kappa shape index (κ1) is 20.0. The van der Waals surface area contributed by atoms with E-state index in [1.807, 2.05) is 18.2 Å².